The van der Waals surface area contributed by atoms with E-state index in [0.717, 1.165) is 40.0 Å². The second kappa shape index (κ2) is 16.2. The van der Waals surface area contributed by atoms with Gasteiger partial charge in [0.2, 0.25) is 6.41 Å². The predicted molar refractivity (Wildman–Crippen MR) is 213 cm³/mol. The molecule has 0 saturated carbocycles. The minimum Gasteiger partial charge on any atom is -0.497 e. The third-order valence-corrected chi connectivity index (χ3v) is 9.87. The number of amides is 2. The van der Waals surface area contributed by atoms with Crippen molar-refractivity contribution in [3.05, 3.63) is 107 Å². The molecule has 4 aromatic rings. The van der Waals surface area contributed by atoms with Gasteiger partial charge in [0.1, 0.15) is 5.75 Å². The van der Waals surface area contributed by atoms with Crippen molar-refractivity contribution in [3.63, 3.8) is 0 Å². The van der Waals surface area contributed by atoms with Crippen LogP contribution in [0, 0.1) is 6.92 Å². The summed E-state index contributed by atoms with van der Waals surface area (Å²) >= 11 is 0. The van der Waals surface area contributed by atoms with Gasteiger partial charge in [0, 0.05) is 61.9 Å². The molecule has 0 bridgehead atoms. The fourth-order valence-corrected chi connectivity index (χ4v) is 6.82. The average Bonchev–Trinajstić information content (AvgIpc) is 3.81. The van der Waals surface area contributed by atoms with Crippen LogP contribution in [0.4, 0.5) is 17.1 Å². The summed E-state index contributed by atoms with van der Waals surface area (Å²) in [6.07, 6.45) is 9.99. The lowest BCUT2D eigenvalue weighted by molar-refractivity contribution is -0.116. The number of hydrogen-bond acceptors (Lipinski definition) is 10. The monoisotopic (exact) mass is 741 g/mol. The van der Waals surface area contributed by atoms with E-state index in [9.17, 15) is 9.59 Å². The van der Waals surface area contributed by atoms with Crippen LogP contribution in [0.2, 0.25) is 0 Å². The Morgan fingerprint density at radius 2 is 1.47 bits per heavy atom. The summed E-state index contributed by atoms with van der Waals surface area (Å²) in [6, 6.07) is 22.1. The summed E-state index contributed by atoms with van der Waals surface area (Å²) < 4.78 is 28.8. The van der Waals surface area contributed by atoms with E-state index in [1.807, 2.05) is 86.2 Å². The van der Waals surface area contributed by atoms with Crippen LogP contribution < -0.4 is 29.4 Å². The number of carbonyl (C=O) groups is 2. The molecule has 3 aliphatic heterocycles. The predicted octanol–water partition coefficient (Wildman–Crippen LogP) is 7.40. The van der Waals surface area contributed by atoms with E-state index >= 15 is 0 Å². The molecular weight excluding hydrogens is 699 g/mol. The summed E-state index contributed by atoms with van der Waals surface area (Å²) in [5.41, 5.74) is 13.2. The number of benzene rings is 4. The van der Waals surface area contributed by atoms with E-state index in [1.54, 1.807) is 49.5 Å². The Morgan fingerprint density at radius 1 is 0.818 bits per heavy atom. The van der Waals surface area contributed by atoms with Gasteiger partial charge in [0.15, 0.2) is 23.0 Å². The number of rotatable bonds is 14. The number of fused-ring (bicyclic) bond motifs is 2. The Labute approximate surface area is 320 Å². The summed E-state index contributed by atoms with van der Waals surface area (Å²) in [7, 11) is 4.77. The van der Waals surface area contributed by atoms with Crippen LogP contribution in [0.3, 0.4) is 0 Å². The quantitative estimate of drug-likeness (QED) is 0.0611. The van der Waals surface area contributed by atoms with Gasteiger partial charge in [-0.25, -0.2) is 0 Å². The number of aryl methyl sites for hydroxylation is 1. The summed E-state index contributed by atoms with van der Waals surface area (Å²) in [6.45, 7) is 2.61. The number of hydrogen-bond donors (Lipinski definition) is 1. The summed E-state index contributed by atoms with van der Waals surface area (Å²) in [5, 5.41) is 0. The first-order valence-electron chi connectivity index (χ1n) is 18.0. The summed E-state index contributed by atoms with van der Waals surface area (Å²) in [4.78, 5) is 38.4. The fourth-order valence-electron chi connectivity index (χ4n) is 6.82. The van der Waals surface area contributed by atoms with Crippen LogP contribution in [0.1, 0.15) is 46.3 Å². The normalized spacial score (nSPS) is 17.3. The Bertz CT molecular complexity index is 2190. The molecule has 3 aliphatic rings. The van der Waals surface area contributed by atoms with Crippen molar-refractivity contribution in [2.24, 2.45) is 9.98 Å². The number of aliphatic imine (C=N–C) groups is 2. The number of carbonyl (C=O) groups excluding carboxylic acids is 2. The number of nitrogens with two attached hydrogens (primary N) is 1. The van der Waals surface area contributed by atoms with Gasteiger partial charge < -0.3 is 39.2 Å². The standard InChI is InChI=1S/C43H43N5O7/c1-27-16-39(52-3)41(20-37(27)45-22-33-17-30(24-47(33)26-49)29-8-12-35(51-2)13-9-29)54-14-5-15-55-42-21-38-36(19-40(42)53-4)43(50)48-25-31(18-34(48)23-46-38)28-6-10-32(44)11-7-28/h6-13,16,19-26,33-34H,5,14-15,17-18,44H2,1-4H3. The highest BCUT2D eigenvalue weighted by Crippen LogP contribution is 2.40. The Hall–Kier alpha value is -6.56. The highest BCUT2D eigenvalue weighted by Gasteiger charge is 2.33. The molecule has 12 heteroatoms. The topological polar surface area (TPSA) is 138 Å². The second-order valence-corrected chi connectivity index (χ2v) is 13.4. The first-order chi connectivity index (χ1) is 26.8. The lowest BCUT2D eigenvalue weighted by Gasteiger charge is -2.19. The van der Waals surface area contributed by atoms with E-state index in [4.69, 9.17) is 39.4 Å². The molecule has 2 N–H and O–H groups in total. The van der Waals surface area contributed by atoms with E-state index in [-0.39, 0.29) is 18.0 Å². The third kappa shape index (κ3) is 7.89. The maximum absolute atomic E-state index is 13.7. The maximum Gasteiger partial charge on any atom is 0.260 e. The zero-order chi connectivity index (χ0) is 38.5. The second-order valence-electron chi connectivity index (χ2n) is 13.4. The molecule has 0 spiro atoms. The maximum atomic E-state index is 13.7. The number of anilines is 1. The molecule has 0 radical (unpaired) electrons. The van der Waals surface area contributed by atoms with Crippen molar-refractivity contribution < 1.29 is 33.3 Å². The highest BCUT2D eigenvalue weighted by molar-refractivity contribution is 6.05. The highest BCUT2D eigenvalue weighted by atomic mass is 16.5. The molecule has 3 heterocycles. The molecule has 282 valence electrons. The largest absolute Gasteiger partial charge is 0.497 e. The molecular formula is C43H43N5O7. The van der Waals surface area contributed by atoms with Gasteiger partial charge in [-0.1, -0.05) is 24.3 Å². The minimum atomic E-state index is -0.228. The molecule has 12 nitrogen and oxygen atoms in total. The number of ether oxygens (including phenoxy) is 5. The zero-order valence-corrected chi connectivity index (χ0v) is 31.2. The smallest absolute Gasteiger partial charge is 0.260 e. The van der Waals surface area contributed by atoms with Crippen molar-refractivity contribution >= 4 is 53.0 Å². The SMILES string of the molecule is COc1ccc(C2=CN(C=O)C(C=Nc3cc(OCCCOc4cc5c(cc4OC)C(=O)N4C=C(c6ccc(N)cc6)CC4C=N5)c(OC)cc3C)C2)cc1. The molecule has 0 saturated heterocycles. The van der Waals surface area contributed by atoms with E-state index in [0.29, 0.717) is 78.1 Å². The first kappa shape index (κ1) is 36.8. The Kier molecular flexibility index (Phi) is 10.8. The average molecular weight is 742 g/mol. The van der Waals surface area contributed by atoms with Crippen LogP contribution >= 0.6 is 0 Å². The van der Waals surface area contributed by atoms with Gasteiger partial charge in [-0.3, -0.25) is 19.6 Å². The third-order valence-electron chi connectivity index (χ3n) is 9.87. The van der Waals surface area contributed by atoms with Crippen LogP contribution in [-0.2, 0) is 4.79 Å². The lowest BCUT2D eigenvalue weighted by Crippen LogP contribution is -2.32. The molecule has 0 aliphatic carbocycles. The number of nitrogen functional groups attached to an aromatic ring is 1. The molecule has 0 fully saturated rings. The van der Waals surface area contributed by atoms with Crippen molar-refractivity contribution in [1.29, 1.82) is 0 Å². The number of methoxy groups -OCH3 is 3. The Morgan fingerprint density at radius 3 is 2.15 bits per heavy atom. The van der Waals surface area contributed by atoms with Crippen LogP contribution in [0.5, 0.6) is 28.7 Å². The lowest BCUT2D eigenvalue weighted by atomic mass is 10.0. The van der Waals surface area contributed by atoms with Gasteiger partial charge in [-0.2, -0.15) is 0 Å². The molecule has 2 atom stereocenters. The van der Waals surface area contributed by atoms with Crippen molar-refractivity contribution in [3.8, 4) is 28.7 Å². The van der Waals surface area contributed by atoms with E-state index in [2.05, 4.69) is 0 Å². The Balaban J connectivity index is 0.970. The van der Waals surface area contributed by atoms with Crippen molar-refractivity contribution in [2.75, 3.05) is 40.3 Å². The van der Waals surface area contributed by atoms with Gasteiger partial charge in [0.25, 0.3) is 5.91 Å². The van der Waals surface area contributed by atoms with Crippen molar-refractivity contribution in [2.45, 2.75) is 38.3 Å². The molecule has 2 amide bonds. The first-order valence-corrected chi connectivity index (χ1v) is 18.0. The zero-order valence-electron chi connectivity index (χ0n) is 31.2. The molecule has 7 rings (SSSR count). The van der Waals surface area contributed by atoms with E-state index < -0.39 is 0 Å². The molecule has 0 aromatic heterocycles. The van der Waals surface area contributed by atoms with Gasteiger partial charge in [0.05, 0.1) is 63.6 Å². The fraction of sp³-hybridized carbons (Fsp3) is 0.256. The molecule has 4 aromatic carbocycles. The van der Waals surface area contributed by atoms with Gasteiger partial charge in [-0.15, -0.1) is 0 Å². The van der Waals surface area contributed by atoms with Crippen LogP contribution in [0.15, 0.2) is 95.2 Å². The van der Waals surface area contributed by atoms with Crippen LogP contribution in [0.25, 0.3) is 11.1 Å². The molecule has 55 heavy (non-hydrogen) atoms. The van der Waals surface area contributed by atoms with Gasteiger partial charge in [-0.05, 0) is 71.2 Å². The van der Waals surface area contributed by atoms with Crippen molar-refractivity contribution in [1.82, 2.24) is 9.80 Å². The van der Waals surface area contributed by atoms with Gasteiger partial charge >= 0.3 is 0 Å². The minimum absolute atomic E-state index is 0.156. The van der Waals surface area contributed by atoms with E-state index in [1.165, 1.54) is 0 Å². The van der Waals surface area contributed by atoms with Crippen LogP contribution in [-0.4, -0.2) is 81.2 Å². The summed E-state index contributed by atoms with van der Waals surface area (Å²) in [5.74, 6) is 2.67. The number of nitrogens with zero attached hydrogens (tertiary/aromatic N) is 4. The molecule has 2 unspecified atom stereocenters.